The van der Waals surface area contributed by atoms with Crippen LogP contribution < -0.4 is 0 Å². The second-order valence-corrected chi connectivity index (χ2v) is 3.03. The van der Waals surface area contributed by atoms with Gasteiger partial charge in [0.25, 0.3) is 0 Å². The summed E-state index contributed by atoms with van der Waals surface area (Å²) in [5, 5.41) is 0. The first-order valence-corrected chi connectivity index (χ1v) is 4.89. The lowest BCUT2D eigenvalue weighted by atomic mass is 10.2. The lowest BCUT2D eigenvalue weighted by Crippen LogP contribution is -2.31. The second-order valence-electron chi connectivity index (χ2n) is 3.03. The number of carbonyl (C=O) groups excluding carboxylic acids is 3. The molecule has 92 valence electrons. The Balaban J connectivity index is 4.37. The number of hydrogen-bond donors (Lipinski definition) is 0. The molecule has 1 atom stereocenters. The molecule has 0 aromatic carbocycles. The third-order valence-corrected chi connectivity index (χ3v) is 1.77. The Bertz CT molecular complexity index is 260. The molecule has 0 saturated carbocycles. The van der Waals surface area contributed by atoms with Crippen molar-refractivity contribution >= 4 is 17.9 Å². The molecular formula is C10H16O6. The molecule has 0 saturated heterocycles. The van der Waals surface area contributed by atoms with Crippen molar-refractivity contribution in [3.63, 3.8) is 0 Å². The van der Waals surface area contributed by atoms with Crippen LogP contribution in [0, 0.1) is 0 Å². The summed E-state index contributed by atoms with van der Waals surface area (Å²) in [4.78, 5) is 33.3. The Morgan fingerprint density at radius 1 is 1.06 bits per heavy atom. The standard InChI is InChI=1S/C10H16O6/c1-4-5-8(11)16-7(10(13)15-3)6-9(12)14-2/h7H,4-6H2,1-3H3/t7-/m1/s1. The molecule has 0 aliphatic heterocycles. The highest BCUT2D eigenvalue weighted by atomic mass is 16.6. The van der Waals surface area contributed by atoms with Crippen molar-refractivity contribution in [2.24, 2.45) is 0 Å². The average Bonchev–Trinajstić information content (AvgIpc) is 2.27. The number of methoxy groups -OCH3 is 2. The Hall–Kier alpha value is -1.59. The molecule has 16 heavy (non-hydrogen) atoms. The highest BCUT2D eigenvalue weighted by molar-refractivity contribution is 5.84. The fourth-order valence-corrected chi connectivity index (χ4v) is 0.961. The SMILES string of the molecule is CCCC(=O)O[C@H](CC(=O)OC)C(=O)OC. The van der Waals surface area contributed by atoms with E-state index in [9.17, 15) is 14.4 Å². The van der Waals surface area contributed by atoms with E-state index in [1.54, 1.807) is 6.92 Å². The Morgan fingerprint density at radius 3 is 2.12 bits per heavy atom. The molecule has 0 fully saturated rings. The number of carbonyl (C=O) groups is 3. The smallest absolute Gasteiger partial charge is 0.347 e. The molecule has 0 aliphatic carbocycles. The molecule has 0 radical (unpaired) electrons. The number of esters is 3. The summed E-state index contributed by atoms with van der Waals surface area (Å²) in [5.41, 5.74) is 0. The van der Waals surface area contributed by atoms with Gasteiger partial charge in [-0.05, 0) is 6.42 Å². The van der Waals surface area contributed by atoms with Crippen LogP contribution >= 0.6 is 0 Å². The van der Waals surface area contributed by atoms with Gasteiger partial charge in [-0.3, -0.25) is 9.59 Å². The molecule has 0 aromatic rings. The number of ether oxygens (including phenoxy) is 3. The summed E-state index contributed by atoms with van der Waals surface area (Å²) >= 11 is 0. The zero-order valence-corrected chi connectivity index (χ0v) is 9.65. The molecule has 0 heterocycles. The lowest BCUT2D eigenvalue weighted by molar-refractivity contribution is -0.169. The van der Waals surface area contributed by atoms with Crippen LogP contribution in [0.15, 0.2) is 0 Å². The Kier molecular flexibility index (Phi) is 6.91. The second kappa shape index (κ2) is 7.67. The van der Waals surface area contributed by atoms with E-state index in [-0.39, 0.29) is 12.8 Å². The fourth-order valence-electron chi connectivity index (χ4n) is 0.961. The van der Waals surface area contributed by atoms with Gasteiger partial charge in [0.15, 0.2) is 0 Å². The van der Waals surface area contributed by atoms with E-state index in [4.69, 9.17) is 4.74 Å². The number of hydrogen-bond acceptors (Lipinski definition) is 6. The third kappa shape index (κ3) is 5.33. The maximum Gasteiger partial charge on any atom is 0.347 e. The van der Waals surface area contributed by atoms with E-state index in [0.717, 1.165) is 7.11 Å². The minimum atomic E-state index is -1.23. The predicted octanol–water partition coefficient (Wildman–Crippen LogP) is 0.434. The molecule has 6 nitrogen and oxygen atoms in total. The highest BCUT2D eigenvalue weighted by Gasteiger charge is 2.26. The monoisotopic (exact) mass is 232 g/mol. The van der Waals surface area contributed by atoms with Crippen molar-refractivity contribution in [1.29, 1.82) is 0 Å². The van der Waals surface area contributed by atoms with E-state index in [0.29, 0.717) is 6.42 Å². The van der Waals surface area contributed by atoms with Gasteiger partial charge in [-0.1, -0.05) is 6.92 Å². The van der Waals surface area contributed by atoms with Crippen LogP contribution in [-0.2, 0) is 28.6 Å². The molecule has 6 heteroatoms. The summed E-state index contributed by atoms with van der Waals surface area (Å²) < 4.78 is 13.6. The van der Waals surface area contributed by atoms with Crippen molar-refractivity contribution < 1.29 is 28.6 Å². The van der Waals surface area contributed by atoms with E-state index in [1.165, 1.54) is 7.11 Å². The van der Waals surface area contributed by atoms with Crippen LogP contribution in [0.25, 0.3) is 0 Å². The van der Waals surface area contributed by atoms with Gasteiger partial charge < -0.3 is 14.2 Å². The molecule has 0 spiro atoms. The third-order valence-electron chi connectivity index (χ3n) is 1.77. The fraction of sp³-hybridized carbons (Fsp3) is 0.700. The van der Waals surface area contributed by atoms with Crippen LogP contribution in [0.1, 0.15) is 26.2 Å². The first kappa shape index (κ1) is 14.4. The van der Waals surface area contributed by atoms with Crippen molar-refractivity contribution in [3.05, 3.63) is 0 Å². The highest BCUT2D eigenvalue weighted by Crippen LogP contribution is 2.05. The summed E-state index contributed by atoms with van der Waals surface area (Å²) in [6, 6.07) is 0. The van der Waals surface area contributed by atoms with E-state index < -0.39 is 24.0 Å². The Labute approximate surface area is 93.8 Å². The van der Waals surface area contributed by atoms with E-state index in [2.05, 4.69) is 9.47 Å². The van der Waals surface area contributed by atoms with Crippen molar-refractivity contribution in [2.75, 3.05) is 14.2 Å². The first-order valence-electron chi connectivity index (χ1n) is 4.89. The zero-order valence-electron chi connectivity index (χ0n) is 9.65. The van der Waals surface area contributed by atoms with Crippen LogP contribution in [0.3, 0.4) is 0 Å². The molecule has 0 unspecified atom stereocenters. The van der Waals surface area contributed by atoms with Gasteiger partial charge in [-0.2, -0.15) is 0 Å². The summed E-state index contributed by atoms with van der Waals surface area (Å²) in [5.74, 6) is -1.95. The average molecular weight is 232 g/mol. The molecule has 0 amide bonds. The van der Waals surface area contributed by atoms with Gasteiger partial charge in [0.2, 0.25) is 6.10 Å². The van der Waals surface area contributed by atoms with Gasteiger partial charge in [0.1, 0.15) is 0 Å². The molecule has 0 aromatic heterocycles. The minimum Gasteiger partial charge on any atom is -0.469 e. The molecule has 0 N–H and O–H groups in total. The van der Waals surface area contributed by atoms with Crippen LogP contribution in [0.5, 0.6) is 0 Å². The van der Waals surface area contributed by atoms with Gasteiger partial charge in [0, 0.05) is 6.42 Å². The van der Waals surface area contributed by atoms with Crippen LogP contribution in [0.2, 0.25) is 0 Å². The summed E-state index contributed by atoms with van der Waals surface area (Å²) in [6.07, 6.45) is -0.769. The lowest BCUT2D eigenvalue weighted by Gasteiger charge is -2.14. The van der Waals surface area contributed by atoms with Crippen molar-refractivity contribution in [2.45, 2.75) is 32.3 Å². The van der Waals surface area contributed by atoms with Crippen molar-refractivity contribution in [3.8, 4) is 0 Å². The zero-order chi connectivity index (χ0) is 12.6. The largest absolute Gasteiger partial charge is 0.469 e. The Morgan fingerprint density at radius 2 is 1.69 bits per heavy atom. The normalized spacial score (nSPS) is 11.4. The topological polar surface area (TPSA) is 78.9 Å². The van der Waals surface area contributed by atoms with E-state index in [1.807, 2.05) is 0 Å². The van der Waals surface area contributed by atoms with Gasteiger partial charge in [0.05, 0.1) is 20.6 Å². The quantitative estimate of drug-likeness (QED) is 0.488. The maximum atomic E-state index is 11.2. The first-order chi connectivity index (χ1) is 7.54. The van der Waals surface area contributed by atoms with Gasteiger partial charge >= 0.3 is 17.9 Å². The van der Waals surface area contributed by atoms with Gasteiger partial charge in [-0.25, -0.2) is 4.79 Å². The van der Waals surface area contributed by atoms with Crippen molar-refractivity contribution in [1.82, 2.24) is 0 Å². The van der Waals surface area contributed by atoms with E-state index >= 15 is 0 Å². The molecule has 0 aliphatic rings. The molecular weight excluding hydrogens is 216 g/mol. The summed E-state index contributed by atoms with van der Waals surface area (Å²) in [6.45, 7) is 1.80. The predicted molar refractivity (Wildman–Crippen MR) is 53.4 cm³/mol. The molecule has 0 rings (SSSR count). The maximum absolute atomic E-state index is 11.2. The summed E-state index contributed by atoms with van der Waals surface area (Å²) in [7, 11) is 2.34. The van der Waals surface area contributed by atoms with Crippen LogP contribution in [0.4, 0.5) is 0 Å². The van der Waals surface area contributed by atoms with Gasteiger partial charge in [-0.15, -0.1) is 0 Å². The minimum absolute atomic E-state index is 0.189. The van der Waals surface area contributed by atoms with Crippen LogP contribution in [-0.4, -0.2) is 38.2 Å². The number of rotatable bonds is 6. The molecule has 0 bridgehead atoms.